The lowest BCUT2D eigenvalue weighted by atomic mass is 9.93. The number of hydrogen-bond acceptors (Lipinski definition) is 8. The Morgan fingerprint density at radius 2 is 1.95 bits per heavy atom. The molecule has 0 unspecified atom stereocenters. The average Bonchev–Trinajstić information content (AvgIpc) is 3.19. The fourth-order valence-corrected chi connectivity index (χ4v) is 6.14. The summed E-state index contributed by atoms with van der Waals surface area (Å²) in [5, 5.41) is 10.7. The van der Waals surface area contributed by atoms with Crippen LogP contribution in [0.15, 0.2) is 51.4 Å². The van der Waals surface area contributed by atoms with Gasteiger partial charge in [-0.3, -0.25) is 9.36 Å². The number of esters is 1. The summed E-state index contributed by atoms with van der Waals surface area (Å²) in [6.45, 7) is 3.90. The predicted molar refractivity (Wildman–Crippen MR) is 155 cm³/mol. The predicted octanol–water partition coefficient (Wildman–Crippen LogP) is 4.56. The van der Waals surface area contributed by atoms with E-state index in [4.69, 9.17) is 30.8 Å². The molecule has 200 valence electrons. The van der Waals surface area contributed by atoms with E-state index in [-0.39, 0.29) is 23.5 Å². The minimum Gasteiger partial charge on any atom is -0.504 e. The summed E-state index contributed by atoms with van der Waals surface area (Å²) in [4.78, 5) is 32.5. The van der Waals surface area contributed by atoms with E-state index in [2.05, 4.69) is 0 Å². The van der Waals surface area contributed by atoms with E-state index in [1.165, 1.54) is 30.1 Å². The van der Waals surface area contributed by atoms with Crippen molar-refractivity contribution in [2.24, 2.45) is 4.99 Å². The van der Waals surface area contributed by atoms with E-state index in [9.17, 15) is 14.7 Å². The minimum absolute atomic E-state index is 0.0306. The Kier molecular flexibility index (Phi) is 8.84. The second kappa shape index (κ2) is 11.9. The zero-order chi connectivity index (χ0) is 27.6. The molecule has 2 aromatic carbocycles. The lowest BCUT2D eigenvalue weighted by Gasteiger charge is -2.27. The second-order valence-corrected chi connectivity index (χ2v) is 11.0. The lowest BCUT2D eigenvalue weighted by Crippen LogP contribution is -2.40. The Morgan fingerprint density at radius 1 is 1.21 bits per heavy atom. The van der Waals surface area contributed by atoms with Crippen LogP contribution in [-0.4, -0.2) is 36.5 Å². The van der Waals surface area contributed by atoms with Gasteiger partial charge in [0.1, 0.15) is 11.8 Å². The van der Waals surface area contributed by atoms with Crippen molar-refractivity contribution in [3.8, 4) is 17.2 Å². The zero-order valence-electron chi connectivity index (χ0n) is 21.2. The van der Waals surface area contributed by atoms with Crippen LogP contribution in [0.1, 0.15) is 43.9 Å². The van der Waals surface area contributed by atoms with Gasteiger partial charge in [-0.15, -0.1) is 0 Å². The van der Waals surface area contributed by atoms with E-state index >= 15 is 0 Å². The number of hydrogen-bond donors (Lipinski definition) is 1. The number of fused-ring (bicyclic) bond motifs is 1. The monoisotopic (exact) mass is 668 g/mol. The number of allylic oxidation sites excluding steroid dienone is 1. The molecular weight excluding hydrogens is 643 g/mol. The average molecular weight is 669 g/mol. The molecule has 0 bridgehead atoms. The van der Waals surface area contributed by atoms with Crippen LogP contribution in [0.2, 0.25) is 5.02 Å². The van der Waals surface area contributed by atoms with Gasteiger partial charge in [-0.2, -0.15) is 0 Å². The molecular formula is C27H26ClIN2O6S. The van der Waals surface area contributed by atoms with Crippen LogP contribution in [0.5, 0.6) is 17.2 Å². The number of aromatic hydroxyl groups is 1. The highest BCUT2D eigenvalue weighted by Crippen LogP contribution is 2.38. The summed E-state index contributed by atoms with van der Waals surface area (Å²) in [7, 11) is 2.99. The van der Waals surface area contributed by atoms with Gasteiger partial charge in [0.2, 0.25) is 0 Å². The van der Waals surface area contributed by atoms with Crippen molar-refractivity contribution < 1.29 is 24.1 Å². The summed E-state index contributed by atoms with van der Waals surface area (Å²) in [6, 6.07) is 7.65. The molecule has 1 atom stereocenters. The zero-order valence-corrected chi connectivity index (χ0v) is 24.9. The number of carbonyl (C=O) groups is 1. The van der Waals surface area contributed by atoms with Crippen molar-refractivity contribution >= 4 is 57.6 Å². The number of thiazole rings is 1. The highest BCUT2D eigenvalue weighted by molar-refractivity contribution is 14.1. The van der Waals surface area contributed by atoms with E-state index in [0.29, 0.717) is 52.7 Å². The Labute approximate surface area is 242 Å². The fraction of sp³-hybridized carbons (Fsp3) is 0.296. The number of phenolic OH excluding ortho intramolecular Hbond substituents is 1. The number of aromatic nitrogens is 1. The van der Waals surface area contributed by atoms with Crippen molar-refractivity contribution in [3.63, 3.8) is 0 Å². The van der Waals surface area contributed by atoms with Crippen LogP contribution in [0.3, 0.4) is 0 Å². The molecule has 0 fully saturated rings. The van der Waals surface area contributed by atoms with Gasteiger partial charge in [-0.1, -0.05) is 36.3 Å². The number of phenols is 1. The third-order valence-electron chi connectivity index (χ3n) is 5.95. The van der Waals surface area contributed by atoms with Gasteiger partial charge in [-0.05, 0) is 77.9 Å². The van der Waals surface area contributed by atoms with E-state index in [1.807, 2.05) is 29.5 Å². The molecule has 1 N–H and O–H groups in total. The molecule has 3 aromatic rings. The largest absolute Gasteiger partial charge is 0.504 e. The maximum atomic E-state index is 13.9. The summed E-state index contributed by atoms with van der Waals surface area (Å²) >= 11 is 9.60. The molecule has 0 radical (unpaired) electrons. The highest BCUT2D eigenvalue weighted by Gasteiger charge is 2.36. The first-order valence-corrected chi connectivity index (χ1v) is 14.1. The molecule has 2 heterocycles. The summed E-state index contributed by atoms with van der Waals surface area (Å²) in [5.74, 6) is 0.264. The summed E-state index contributed by atoms with van der Waals surface area (Å²) in [5.41, 5.74) is 1.74. The SMILES string of the molecule is CCCC1=C(C(=O)OCC)[C@H](c2cc(Cl)ccc2OC)n2c(s/c(=C/c3cc(I)c(O)c(OC)c3)c2=O)=N1. The molecule has 0 spiro atoms. The van der Waals surface area contributed by atoms with Crippen molar-refractivity contribution in [2.75, 3.05) is 20.8 Å². The van der Waals surface area contributed by atoms with Gasteiger partial charge in [0.25, 0.3) is 5.56 Å². The Hall–Kier alpha value is -2.83. The van der Waals surface area contributed by atoms with Crippen LogP contribution >= 0.6 is 45.5 Å². The highest BCUT2D eigenvalue weighted by atomic mass is 127. The van der Waals surface area contributed by atoms with Crippen LogP contribution in [-0.2, 0) is 9.53 Å². The molecule has 0 aliphatic carbocycles. The van der Waals surface area contributed by atoms with E-state index in [1.54, 1.807) is 43.3 Å². The summed E-state index contributed by atoms with van der Waals surface area (Å²) in [6.07, 6.45) is 2.97. The maximum absolute atomic E-state index is 13.9. The van der Waals surface area contributed by atoms with E-state index < -0.39 is 12.0 Å². The third kappa shape index (κ3) is 5.34. The molecule has 1 aliphatic rings. The van der Waals surface area contributed by atoms with Gasteiger partial charge in [0.05, 0.1) is 40.2 Å². The molecule has 4 rings (SSSR count). The van der Waals surface area contributed by atoms with Crippen LogP contribution < -0.4 is 24.4 Å². The second-order valence-electron chi connectivity index (χ2n) is 8.35. The number of nitrogens with zero attached hydrogens (tertiary/aromatic N) is 2. The molecule has 0 saturated carbocycles. The fourth-order valence-electron chi connectivity index (χ4n) is 4.32. The molecule has 1 aliphatic heterocycles. The smallest absolute Gasteiger partial charge is 0.338 e. The minimum atomic E-state index is -0.850. The van der Waals surface area contributed by atoms with Crippen molar-refractivity contribution in [1.29, 1.82) is 0 Å². The molecule has 0 saturated heterocycles. The van der Waals surface area contributed by atoms with Gasteiger partial charge < -0.3 is 19.3 Å². The van der Waals surface area contributed by atoms with Crippen molar-refractivity contribution in [3.05, 3.63) is 81.0 Å². The number of methoxy groups -OCH3 is 2. The lowest BCUT2D eigenvalue weighted by molar-refractivity contribution is -0.139. The van der Waals surface area contributed by atoms with Crippen LogP contribution in [0, 0.1) is 3.57 Å². The standard InChI is InChI=1S/C27H26ClIN2O6S/c1-5-7-18-22(26(34)37-6-2)23(16-13-15(28)8-9-19(16)35-3)31-25(33)21(38-27(31)30-18)12-14-10-17(29)24(32)20(11-14)36-4/h8-13,23,32H,5-7H2,1-4H3/b21-12+/t23-/m0/s1. The van der Waals surface area contributed by atoms with Crippen LogP contribution in [0.25, 0.3) is 6.08 Å². The van der Waals surface area contributed by atoms with Crippen molar-refractivity contribution in [2.45, 2.75) is 32.7 Å². The molecule has 8 nitrogen and oxygen atoms in total. The van der Waals surface area contributed by atoms with E-state index in [0.717, 1.165) is 6.42 Å². The normalized spacial score (nSPS) is 15.2. The number of carbonyl (C=O) groups excluding carboxylic acids is 1. The molecule has 1 aromatic heterocycles. The Morgan fingerprint density at radius 3 is 2.61 bits per heavy atom. The number of halogens is 2. The quantitative estimate of drug-likeness (QED) is 0.279. The first kappa shape index (κ1) is 28.2. The Bertz CT molecular complexity index is 1610. The number of benzene rings is 2. The van der Waals surface area contributed by atoms with Crippen LogP contribution in [0.4, 0.5) is 0 Å². The van der Waals surface area contributed by atoms with Gasteiger partial charge in [0.15, 0.2) is 16.3 Å². The van der Waals surface area contributed by atoms with Crippen molar-refractivity contribution in [1.82, 2.24) is 4.57 Å². The first-order chi connectivity index (χ1) is 18.2. The molecule has 0 amide bonds. The molecule has 11 heteroatoms. The third-order valence-corrected chi connectivity index (χ3v) is 7.99. The Balaban J connectivity index is 2.05. The first-order valence-electron chi connectivity index (χ1n) is 11.9. The van der Waals surface area contributed by atoms with Gasteiger partial charge >= 0.3 is 5.97 Å². The van der Waals surface area contributed by atoms with Gasteiger partial charge in [-0.25, -0.2) is 9.79 Å². The summed E-state index contributed by atoms with van der Waals surface area (Å²) < 4.78 is 18.8. The number of rotatable bonds is 8. The number of ether oxygens (including phenoxy) is 3. The topological polar surface area (TPSA) is 99.4 Å². The maximum Gasteiger partial charge on any atom is 0.338 e. The molecule has 38 heavy (non-hydrogen) atoms. The van der Waals surface area contributed by atoms with Gasteiger partial charge in [0, 0.05) is 10.6 Å².